The topological polar surface area (TPSA) is 61.3 Å². The van der Waals surface area contributed by atoms with E-state index in [0.29, 0.717) is 23.6 Å². The number of hydrogen-bond donors (Lipinski definition) is 2. The molecule has 26 heavy (non-hydrogen) atoms. The third-order valence-corrected chi connectivity index (χ3v) is 7.47. The van der Waals surface area contributed by atoms with Gasteiger partial charge >= 0.3 is 0 Å². The average Bonchev–Trinajstić information content (AvgIpc) is 3.08. The van der Waals surface area contributed by atoms with Crippen molar-refractivity contribution in [3.05, 3.63) is 12.0 Å². The summed E-state index contributed by atoms with van der Waals surface area (Å²) in [6.07, 6.45) is 9.95. The zero-order chi connectivity index (χ0) is 17.9. The van der Waals surface area contributed by atoms with Gasteiger partial charge in [0.25, 0.3) is 0 Å². The van der Waals surface area contributed by atoms with Crippen molar-refractivity contribution in [1.29, 1.82) is 0 Å². The van der Waals surface area contributed by atoms with Crippen LogP contribution in [-0.4, -0.2) is 39.8 Å². The molecule has 0 radical (unpaired) electrons. The van der Waals surface area contributed by atoms with Crippen molar-refractivity contribution >= 4 is 11.8 Å². The molecular formula is C20H29FN4O. The van der Waals surface area contributed by atoms with E-state index in [4.69, 9.17) is 0 Å². The Labute approximate surface area is 154 Å². The maximum absolute atomic E-state index is 14.2. The molecule has 6 rings (SSSR count). The molecule has 0 spiro atoms. The molecule has 0 amide bonds. The van der Waals surface area contributed by atoms with Gasteiger partial charge in [-0.05, 0) is 75.5 Å². The summed E-state index contributed by atoms with van der Waals surface area (Å²) < 4.78 is 14.2. The molecule has 5 nitrogen and oxygen atoms in total. The Morgan fingerprint density at radius 2 is 1.92 bits per heavy atom. The number of halogens is 1. The molecule has 3 unspecified atom stereocenters. The lowest BCUT2D eigenvalue weighted by molar-refractivity contribution is -0.167. The number of aromatic nitrogens is 2. The van der Waals surface area contributed by atoms with Crippen LogP contribution in [-0.2, 0) is 0 Å². The molecule has 1 aliphatic heterocycles. The van der Waals surface area contributed by atoms with Crippen LogP contribution in [0.5, 0.6) is 0 Å². The fourth-order valence-corrected chi connectivity index (χ4v) is 6.72. The largest absolute Gasteiger partial charge is 0.390 e. The van der Waals surface area contributed by atoms with Crippen molar-refractivity contribution < 1.29 is 9.50 Å². The van der Waals surface area contributed by atoms with E-state index >= 15 is 0 Å². The van der Waals surface area contributed by atoms with Gasteiger partial charge in [-0.3, -0.25) is 0 Å². The third kappa shape index (κ3) is 2.68. The van der Waals surface area contributed by atoms with E-state index in [2.05, 4.69) is 22.2 Å². The van der Waals surface area contributed by atoms with Gasteiger partial charge in [-0.25, -0.2) is 9.37 Å². The number of hydrogen-bond acceptors (Lipinski definition) is 5. The fraction of sp³-hybridized carbons (Fsp3) is 0.800. The van der Waals surface area contributed by atoms with Gasteiger partial charge in [0.2, 0.25) is 5.95 Å². The van der Waals surface area contributed by atoms with Crippen LogP contribution in [0, 0.1) is 23.1 Å². The predicted molar refractivity (Wildman–Crippen MR) is 98.6 cm³/mol. The van der Waals surface area contributed by atoms with Gasteiger partial charge < -0.3 is 15.3 Å². The van der Waals surface area contributed by atoms with Crippen LogP contribution >= 0.6 is 0 Å². The summed E-state index contributed by atoms with van der Waals surface area (Å²) in [5.41, 5.74) is -0.352. The van der Waals surface area contributed by atoms with Crippen molar-refractivity contribution in [3.8, 4) is 0 Å². The normalized spacial score (nSPS) is 39.4. The van der Waals surface area contributed by atoms with Gasteiger partial charge in [-0.1, -0.05) is 0 Å². The van der Waals surface area contributed by atoms with Gasteiger partial charge in [0.05, 0.1) is 11.8 Å². The van der Waals surface area contributed by atoms with Crippen LogP contribution in [0.1, 0.15) is 58.3 Å². The number of anilines is 2. The summed E-state index contributed by atoms with van der Waals surface area (Å²) in [7, 11) is 0. The van der Waals surface area contributed by atoms with Crippen molar-refractivity contribution in [2.24, 2.45) is 17.3 Å². The van der Waals surface area contributed by atoms with Crippen molar-refractivity contribution in [2.45, 2.75) is 69.9 Å². The summed E-state index contributed by atoms with van der Waals surface area (Å²) in [5, 5.41) is 14.5. The average molecular weight is 360 g/mol. The Hall–Kier alpha value is -1.43. The first-order valence-corrected chi connectivity index (χ1v) is 10.2. The summed E-state index contributed by atoms with van der Waals surface area (Å²) >= 11 is 0. The highest BCUT2D eigenvalue weighted by molar-refractivity contribution is 5.45. The van der Waals surface area contributed by atoms with E-state index in [0.717, 1.165) is 45.2 Å². The minimum absolute atomic E-state index is 0.115. The van der Waals surface area contributed by atoms with Crippen molar-refractivity contribution in [1.82, 2.24) is 9.97 Å². The van der Waals surface area contributed by atoms with E-state index < -0.39 is 5.60 Å². The molecule has 5 aliphatic rings. The van der Waals surface area contributed by atoms with Crippen LogP contribution in [0.4, 0.5) is 16.2 Å². The Morgan fingerprint density at radius 1 is 1.23 bits per heavy atom. The standard InChI is InChI=1S/C20H29FN4O/c1-13(19-7-14-6-15(8-19)10-20(26,9-14)12-19)23-18-22-11-16(21)17(24-18)25-4-2-3-5-25/h11,13-15,26H,2-10,12H2,1H3,(H,22,23,24). The second-order valence-electron chi connectivity index (χ2n) is 9.47. The molecule has 1 saturated heterocycles. The molecule has 3 atom stereocenters. The summed E-state index contributed by atoms with van der Waals surface area (Å²) in [4.78, 5) is 10.7. The fourth-order valence-electron chi connectivity index (χ4n) is 6.72. The highest BCUT2D eigenvalue weighted by Crippen LogP contribution is 2.63. The minimum atomic E-state index is -0.468. The smallest absolute Gasteiger partial charge is 0.225 e. The molecule has 4 aliphatic carbocycles. The van der Waals surface area contributed by atoms with Crippen LogP contribution in [0.3, 0.4) is 0 Å². The summed E-state index contributed by atoms with van der Waals surface area (Å²) in [6.45, 7) is 3.92. The number of rotatable bonds is 4. The lowest BCUT2D eigenvalue weighted by Crippen LogP contribution is -2.60. The molecule has 142 valence electrons. The first kappa shape index (κ1) is 16.7. The second-order valence-corrected chi connectivity index (χ2v) is 9.47. The van der Waals surface area contributed by atoms with E-state index in [1.165, 1.54) is 25.5 Å². The second kappa shape index (κ2) is 5.78. The molecule has 2 N–H and O–H groups in total. The predicted octanol–water partition coefficient (Wildman–Crippen LogP) is 3.35. The van der Waals surface area contributed by atoms with Gasteiger partial charge in [-0.15, -0.1) is 0 Å². The zero-order valence-corrected chi connectivity index (χ0v) is 15.5. The molecule has 4 bridgehead atoms. The molecule has 5 fully saturated rings. The molecular weight excluding hydrogens is 331 g/mol. The SMILES string of the molecule is CC(Nc1ncc(F)c(N2CCCC2)n1)C12CC3CC(CC(O)(C3)C1)C2. The summed E-state index contributed by atoms with van der Waals surface area (Å²) in [6, 6.07) is 0.178. The van der Waals surface area contributed by atoms with Gasteiger partial charge in [-0.2, -0.15) is 4.98 Å². The summed E-state index contributed by atoms with van der Waals surface area (Å²) in [5.74, 6) is 1.91. The highest BCUT2D eigenvalue weighted by Gasteiger charge is 2.58. The molecule has 2 heterocycles. The zero-order valence-electron chi connectivity index (χ0n) is 15.5. The number of nitrogens with zero attached hydrogens (tertiary/aromatic N) is 3. The molecule has 6 heteroatoms. The Balaban J connectivity index is 1.37. The Morgan fingerprint density at radius 3 is 2.58 bits per heavy atom. The van der Waals surface area contributed by atoms with Crippen LogP contribution in [0.15, 0.2) is 6.20 Å². The first-order valence-electron chi connectivity index (χ1n) is 10.2. The van der Waals surface area contributed by atoms with E-state index in [1.54, 1.807) is 0 Å². The lowest BCUT2D eigenvalue weighted by Gasteiger charge is -2.62. The van der Waals surface area contributed by atoms with Gasteiger partial charge in [0.1, 0.15) is 0 Å². The Kier molecular flexibility index (Phi) is 3.72. The maximum atomic E-state index is 14.2. The minimum Gasteiger partial charge on any atom is -0.390 e. The molecule has 1 aromatic rings. The third-order valence-electron chi connectivity index (χ3n) is 7.47. The highest BCUT2D eigenvalue weighted by atomic mass is 19.1. The van der Waals surface area contributed by atoms with Gasteiger partial charge in [0, 0.05) is 19.1 Å². The van der Waals surface area contributed by atoms with Crippen molar-refractivity contribution in [2.75, 3.05) is 23.3 Å². The number of aliphatic hydroxyl groups is 1. The molecule has 4 saturated carbocycles. The maximum Gasteiger partial charge on any atom is 0.225 e. The quantitative estimate of drug-likeness (QED) is 0.862. The van der Waals surface area contributed by atoms with Gasteiger partial charge in [0.15, 0.2) is 11.6 Å². The van der Waals surface area contributed by atoms with E-state index in [9.17, 15) is 9.50 Å². The number of nitrogens with one attached hydrogen (secondary N) is 1. The van der Waals surface area contributed by atoms with Crippen LogP contribution < -0.4 is 10.2 Å². The first-order chi connectivity index (χ1) is 12.4. The Bertz CT molecular complexity index is 691. The monoisotopic (exact) mass is 360 g/mol. The van der Waals surface area contributed by atoms with Crippen LogP contribution in [0.2, 0.25) is 0 Å². The van der Waals surface area contributed by atoms with E-state index in [-0.39, 0.29) is 17.3 Å². The molecule has 0 aromatic carbocycles. The van der Waals surface area contributed by atoms with Crippen LogP contribution in [0.25, 0.3) is 0 Å². The molecule has 1 aromatic heterocycles. The van der Waals surface area contributed by atoms with E-state index in [1.807, 2.05) is 4.90 Å². The lowest BCUT2D eigenvalue weighted by atomic mass is 9.46. The van der Waals surface area contributed by atoms with Crippen molar-refractivity contribution in [3.63, 3.8) is 0 Å².